The van der Waals surface area contributed by atoms with Crippen LogP contribution in [0.15, 0.2) is 24.4 Å². The Morgan fingerprint density at radius 3 is 2.80 bits per heavy atom. The van der Waals surface area contributed by atoms with Gasteiger partial charge in [0.25, 0.3) is 17.7 Å². The summed E-state index contributed by atoms with van der Waals surface area (Å²) in [6.45, 7) is -0.0944. The SMILES string of the molecule is CNC(=O)C1(F)CCN(C(=O)c2cn(-c3ccc4c(c3)CN(C3CCC(=O)NC3=O)C4=O)nn2)C1. The molecule has 1 aromatic heterocycles. The first-order valence-electron chi connectivity index (χ1n) is 11.1. The second-order valence-electron chi connectivity index (χ2n) is 8.81. The van der Waals surface area contributed by atoms with Crippen LogP contribution in [0.2, 0.25) is 0 Å². The zero-order valence-electron chi connectivity index (χ0n) is 18.8. The number of carbonyl (C=O) groups is 5. The molecule has 12 nitrogen and oxygen atoms in total. The lowest BCUT2D eigenvalue weighted by Gasteiger charge is -2.29. The van der Waals surface area contributed by atoms with Crippen molar-refractivity contribution in [1.82, 2.24) is 35.4 Å². The van der Waals surface area contributed by atoms with Crippen LogP contribution in [0.3, 0.4) is 0 Å². The van der Waals surface area contributed by atoms with Crippen molar-refractivity contribution < 1.29 is 28.4 Å². The minimum absolute atomic E-state index is 0.00657. The average molecular weight is 483 g/mol. The highest BCUT2D eigenvalue weighted by Gasteiger charge is 2.46. The second kappa shape index (κ2) is 8.25. The number of piperidine rings is 1. The van der Waals surface area contributed by atoms with E-state index >= 15 is 0 Å². The molecule has 0 saturated carbocycles. The van der Waals surface area contributed by atoms with E-state index in [4.69, 9.17) is 0 Å². The first-order chi connectivity index (χ1) is 16.7. The second-order valence-corrected chi connectivity index (χ2v) is 8.81. The Labute approximate surface area is 198 Å². The van der Waals surface area contributed by atoms with Crippen molar-refractivity contribution in [1.29, 1.82) is 0 Å². The molecule has 3 aliphatic heterocycles. The van der Waals surface area contributed by atoms with E-state index in [1.165, 1.54) is 27.7 Å². The number of alkyl halides is 1. The number of rotatable bonds is 4. The summed E-state index contributed by atoms with van der Waals surface area (Å²) in [5.41, 5.74) is -0.484. The number of nitrogens with one attached hydrogen (secondary N) is 2. The van der Waals surface area contributed by atoms with Gasteiger partial charge in [0, 0.05) is 38.5 Å². The number of fused-ring (bicyclic) bond motifs is 1. The van der Waals surface area contributed by atoms with Crippen LogP contribution in [0.1, 0.15) is 45.7 Å². The zero-order valence-corrected chi connectivity index (χ0v) is 18.8. The molecule has 2 aromatic rings. The van der Waals surface area contributed by atoms with Crippen LogP contribution in [0, 0.1) is 0 Å². The van der Waals surface area contributed by atoms with E-state index in [0.717, 1.165) is 0 Å². The van der Waals surface area contributed by atoms with Crippen molar-refractivity contribution in [2.75, 3.05) is 20.1 Å². The smallest absolute Gasteiger partial charge is 0.276 e. The summed E-state index contributed by atoms with van der Waals surface area (Å²) in [7, 11) is 1.34. The predicted octanol–water partition coefficient (Wildman–Crippen LogP) is -0.671. The zero-order chi connectivity index (χ0) is 24.9. The molecule has 35 heavy (non-hydrogen) atoms. The molecule has 2 saturated heterocycles. The van der Waals surface area contributed by atoms with E-state index in [2.05, 4.69) is 20.9 Å². The molecule has 1 aromatic carbocycles. The van der Waals surface area contributed by atoms with Gasteiger partial charge in [-0.2, -0.15) is 0 Å². The van der Waals surface area contributed by atoms with Crippen molar-refractivity contribution in [3.8, 4) is 5.69 Å². The molecule has 13 heteroatoms. The van der Waals surface area contributed by atoms with Crippen LogP contribution >= 0.6 is 0 Å². The van der Waals surface area contributed by atoms with Crippen LogP contribution in [-0.4, -0.2) is 86.2 Å². The van der Waals surface area contributed by atoms with Crippen LogP contribution in [0.25, 0.3) is 5.69 Å². The molecule has 0 radical (unpaired) electrons. The van der Waals surface area contributed by atoms with E-state index in [1.807, 2.05) is 0 Å². The monoisotopic (exact) mass is 483 g/mol. The number of hydrogen-bond donors (Lipinski definition) is 2. The Morgan fingerprint density at radius 2 is 2.06 bits per heavy atom. The Morgan fingerprint density at radius 1 is 1.26 bits per heavy atom. The quantitative estimate of drug-likeness (QED) is 0.548. The van der Waals surface area contributed by atoms with Gasteiger partial charge in [-0.05, 0) is 30.2 Å². The standard InChI is InChI=1S/C22H22FN7O5/c1-24-21(35)22(23)6-7-28(11-22)20(34)15-10-30(27-26-15)13-2-3-14-12(8-13)9-29(19(14)33)16-4-5-17(31)25-18(16)32/h2-3,8,10,16H,4-7,9,11H2,1H3,(H,24,35)(H,25,31,32). The molecule has 5 amide bonds. The van der Waals surface area contributed by atoms with Crippen molar-refractivity contribution >= 4 is 29.5 Å². The van der Waals surface area contributed by atoms with Crippen molar-refractivity contribution in [2.24, 2.45) is 0 Å². The number of amides is 5. The van der Waals surface area contributed by atoms with Crippen LogP contribution in [-0.2, 0) is 20.9 Å². The third kappa shape index (κ3) is 3.82. The Bertz CT molecular complexity index is 1280. The molecular weight excluding hydrogens is 461 g/mol. The van der Waals surface area contributed by atoms with Gasteiger partial charge in [0.1, 0.15) is 6.04 Å². The van der Waals surface area contributed by atoms with E-state index in [1.54, 1.807) is 18.2 Å². The Balaban J connectivity index is 1.31. The summed E-state index contributed by atoms with van der Waals surface area (Å²) in [5.74, 6) is -2.45. The molecule has 0 bridgehead atoms. The lowest BCUT2D eigenvalue weighted by molar-refractivity contribution is -0.137. The maximum atomic E-state index is 14.8. The molecule has 0 aliphatic carbocycles. The lowest BCUT2D eigenvalue weighted by atomic mass is 10.0. The van der Waals surface area contributed by atoms with Gasteiger partial charge >= 0.3 is 0 Å². The molecule has 3 aliphatic rings. The predicted molar refractivity (Wildman–Crippen MR) is 116 cm³/mol. The highest BCUT2D eigenvalue weighted by molar-refractivity contribution is 6.05. The molecule has 2 fully saturated rings. The number of carbonyl (C=O) groups excluding carboxylic acids is 5. The average Bonchev–Trinajstić information content (AvgIpc) is 3.56. The van der Waals surface area contributed by atoms with E-state index < -0.39 is 29.4 Å². The number of benzene rings is 1. The van der Waals surface area contributed by atoms with E-state index in [9.17, 15) is 28.4 Å². The van der Waals surface area contributed by atoms with Crippen molar-refractivity contribution in [2.45, 2.75) is 37.5 Å². The summed E-state index contributed by atoms with van der Waals surface area (Å²) in [4.78, 5) is 63.7. The van der Waals surface area contributed by atoms with Crippen molar-refractivity contribution in [3.63, 3.8) is 0 Å². The maximum absolute atomic E-state index is 14.8. The van der Waals surface area contributed by atoms with E-state index in [0.29, 0.717) is 16.8 Å². The molecular formula is C22H22FN7O5. The first kappa shape index (κ1) is 22.6. The van der Waals surface area contributed by atoms with Gasteiger partial charge in [-0.25, -0.2) is 9.07 Å². The fraction of sp³-hybridized carbons (Fsp3) is 0.409. The highest BCUT2D eigenvalue weighted by Crippen LogP contribution is 2.30. The van der Waals surface area contributed by atoms with Gasteiger partial charge in [0.2, 0.25) is 17.5 Å². The summed E-state index contributed by atoms with van der Waals surface area (Å²) in [6, 6.07) is 4.26. The van der Waals surface area contributed by atoms with E-state index in [-0.39, 0.29) is 56.4 Å². The molecule has 2 atom stereocenters. The number of imide groups is 1. The largest absolute Gasteiger partial charge is 0.356 e. The van der Waals surface area contributed by atoms with Gasteiger partial charge < -0.3 is 15.1 Å². The number of halogens is 1. The third-order valence-corrected chi connectivity index (χ3v) is 6.62. The Kier molecular flexibility index (Phi) is 5.33. The molecule has 5 rings (SSSR count). The molecule has 2 N–H and O–H groups in total. The molecule has 0 spiro atoms. The number of nitrogens with zero attached hydrogens (tertiary/aromatic N) is 5. The lowest BCUT2D eigenvalue weighted by Crippen LogP contribution is -2.52. The maximum Gasteiger partial charge on any atom is 0.276 e. The summed E-state index contributed by atoms with van der Waals surface area (Å²) < 4.78 is 16.1. The van der Waals surface area contributed by atoms with Gasteiger partial charge in [0.05, 0.1) is 18.4 Å². The van der Waals surface area contributed by atoms with Crippen LogP contribution in [0.4, 0.5) is 4.39 Å². The fourth-order valence-corrected chi connectivity index (χ4v) is 4.71. The third-order valence-electron chi connectivity index (χ3n) is 6.62. The summed E-state index contributed by atoms with van der Waals surface area (Å²) in [5, 5.41) is 12.4. The van der Waals surface area contributed by atoms with Crippen LogP contribution < -0.4 is 10.6 Å². The first-order valence-corrected chi connectivity index (χ1v) is 11.1. The summed E-state index contributed by atoms with van der Waals surface area (Å²) >= 11 is 0. The number of likely N-dealkylation sites (tertiary alicyclic amines) is 1. The van der Waals surface area contributed by atoms with Gasteiger partial charge in [0.15, 0.2) is 5.69 Å². The highest BCUT2D eigenvalue weighted by atomic mass is 19.1. The van der Waals surface area contributed by atoms with Gasteiger partial charge in [-0.1, -0.05) is 5.21 Å². The number of hydrogen-bond acceptors (Lipinski definition) is 7. The van der Waals surface area contributed by atoms with Crippen LogP contribution in [0.5, 0.6) is 0 Å². The topological polar surface area (TPSA) is 147 Å². The molecule has 2 unspecified atom stereocenters. The van der Waals surface area contributed by atoms with Gasteiger partial charge in [-0.15, -0.1) is 5.10 Å². The molecule has 4 heterocycles. The Hall–Kier alpha value is -4.16. The minimum atomic E-state index is -2.14. The molecule has 182 valence electrons. The minimum Gasteiger partial charge on any atom is -0.356 e. The van der Waals surface area contributed by atoms with Crippen molar-refractivity contribution in [3.05, 3.63) is 41.2 Å². The summed E-state index contributed by atoms with van der Waals surface area (Å²) in [6.07, 6.45) is 1.73. The normalized spacial score (nSPS) is 23.9. The van der Waals surface area contributed by atoms with Gasteiger partial charge in [-0.3, -0.25) is 29.3 Å². The number of aromatic nitrogens is 3. The fourth-order valence-electron chi connectivity index (χ4n) is 4.71.